The maximum atomic E-state index is 6.07. The van der Waals surface area contributed by atoms with Gasteiger partial charge >= 0.3 is 0 Å². The lowest BCUT2D eigenvalue weighted by Gasteiger charge is -2.09. The summed E-state index contributed by atoms with van der Waals surface area (Å²) in [6.45, 7) is 0.352. The molecule has 7 heteroatoms. The van der Waals surface area contributed by atoms with E-state index in [-0.39, 0.29) is 0 Å². The number of rotatable bonds is 3. The predicted octanol–water partition coefficient (Wildman–Crippen LogP) is 4.05. The van der Waals surface area contributed by atoms with Gasteiger partial charge in [-0.05, 0) is 50.1 Å². The molecular formula is C12H10Br2ClN3O. The molecule has 4 nitrogen and oxygen atoms in total. The van der Waals surface area contributed by atoms with Crippen LogP contribution in [0.2, 0.25) is 5.02 Å². The molecular weight excluding hydrogens is 397 g/mol. The number of hydrogen-bond donors (Lipinski definition) is 1. The summed E-state index contributed by atoms with van der Waals surface area (Å²) in [5, 5.41) is 0.593. The van der Waals surface area contributed by atoms with Crippen molar-refractivity contribution in [3.05, 3.63) is 37.9 Å². The van der Waals surface area contributed by atoms with E-state index in [0.717, 1.165) is 10.0 Å². The molecule has 1 aromatic heterocycles. The summed E-state index contributed by atoms with van der Waals surface area (Å²) in [5.41, 5.74) is 7.36. The fraction of sp³-hybridized carbons (Fsp3) is 0.167. The van der Waals surface area contributed by atoms with Crippen LogP contribution in [0.3, 0.4) is 0 Å². The van der Waals surface area contributed by atoms with Gasteiger partial charge in [-0.15, -0.1) is 0 Å². The Morgan fingerprint density at radius 2 is 2.05 bits per heavy atom. The normalized spacial score (nSPS) is 10.7. The summed E-state index contributed by atoms with van der Waals surface area (Å²) in [6, 6.07) is 5.50. The van der Waals surface area contributed by atoms with Gasteiger partial charge in [-0.3, -0.25) is 0 Å². The molecule has 1 aromatic carbocycles. The van der Waals surface area contributed by atoms with E-state index in [1.165, 1.54) is 0 Å². The summed E-state index contributed by atoms with van der Waals surface area (Å²) in [4.78, 5) is 8.67. The highest BCUT2D eigenvalue weighted by Crippen LogP contribution is 2.30. The Bertz CT molecular complexity index is 622. The van der Waals surface area contributed by atoms with Crippen molar-refractivity contribution in [2.24, 2.45) is 0 Å². The van der Waals surface area contributed by atoms with E-state index in [2.05, 4.69) is 41.8 Å². The number of nitrogen functional groups attached to an aromatic ring is 1. The standard InChI is InChI=1S/C12H10Br2ClN3O/c1-19-5-9-10(14)11(16)18-12(17-9)6-2-3-7(13)8(15)4-6/h2-4H,5H2,1H3,(H2,16,17,18). The Morgan fingerprint density at radius 1 is 1.32 bits per heavy atom. The largest absolute Gasteiger partial charge is 0.383 e. The van der Waals surface area contributed by atoms with Crippen molar-refractivity contribution < 1.29 is 4.74 Å². The molecule has 0 atom stereocenters. The molecule has 0 amide bonds. The molecule has 0 saturated carbocycles. The first-order chi connectivity index (χ1) is 9.02. The van der Waals surface area contributed by atoms with Crippen LogP contribution < -0.4 is 5.73 Å². The van der Waals surface area contributed by atoms with Crippen LogP contribution in [-0.2, 0) is 11.3 Å². The second kappa shape index (κ2) is 6.17. The molecule has 0 spiro atoms. The van der Waals surface area contributed by atoms with Crippen molar-refractivity contribution in [1.82, 2.24) is 9.97 Å². The van der Waals surface area contributed by atoms with Crippen LogP contribution in [0.25, 0.3) is 11.4 Å². The van der Waals surface area contributed by atoms with Crippen LogP contribution in [0.5, 0.6) is 0 Å². The smallest absolute Gasteiger partial charge is 0.161 e. The summed E-state index contributed by atoms with van der Waals surface area (Å²) in [6.07, 6.45) is 0. The van der Waals surface area contributed by atoms with Crippen molar-refractivity contribution in [2.75, 3.05) is 12.8 Å². The summed E-state index contributed by atoms with van der Waals surface area (Å²) in [5.74, 6) is 0.887. The van der Waals surface area contributed by atoms with E-state index in [0.29, 0.717) is 33.4 Å². The van der Waals surface area contributed by atoms with Crippen molar-refractivity contribution in [2.45, 2.75) is 6.61 Å². The average Bonchev–Trinajstić information content (AvgIpc) is 2.38. The number of methoxy groups -OCH3 is 1. The molecule has 0 aliphatic rings. The van der Waals surface area contributed by atoms with E-state index in [1.54, 1.807) is 13.2 Å². The Kier molecular flexibility index (Phi) is 4.78. The molecule has 0 fully saturated rings. The van der Waals surface area contributed by atoms with Gasteiger partial charge in [0, 0.05) is 17.1 Å². The SMILES string of the molecule is COCc1nc(-c2ccc(Br)c(Cl)c2)nc(N)c1Br. The fourth-order valence-corrected chi connectivity index (χ4v) is 2.23. The topological polar surface area (TPSA) is 61.0 Å². The zero-order chi connectivity index (χ0) is 14.0. The second-order valence-electron chi connectivity index (χ2n) is 3.76. The highest BCUT2D eigenvalue weighted by molar-refractivity contribution is 9.11. The maximum Gasteiger partial charge on any atom is 0.161 e. The summed E-state index contributed by atoms with van der Waals surface area (Å²) >= 11 is 12.8. The van der Waals surface area contributed by atoms with Gasteiger partial charge in [-0.25, -0.2) is 9.97 Å². The molecule has 0 aliphatic carbocycles. The molecule has 2 aromatic rings. The fourth-order valence-electron chi connectivity index (χ4n) is 1.51. The number of hydrogen-bond acceptors (Lipinski definition) is 4. The van der Waals surface area contributed by atoms with E-state index in [9.17, 15) is 0 Å². The molecule has 100 valence electrons. The number of nitrogens with two attached hydrogens (primary N) is 1. The van der Waals surface area contributed by atoms with Gasteiger partial charge in [0.25, 0.3) is 0 Å². The van der Waals surface area contributed by atoms with Crippen molar-refractivity contribution in [3.63, 3.8) is 0 Å². The molecule has 0 radical (unpaired) electrons. The molecule has 2 rings (SSSR count). The lowest BCUT2D eigenvalue weighted by molar-refractivity contribution is 0.181. The Balaban J connectivity index is 2.52. The highest BCUT2D eigenvalue weighted by atomic mass is 79.9. The number of ether oxygens (including phenoxy) is 1. The lowest BCUT2D eigenvalue weighted by atomic mass is 10.2. The number of anilines is 1. The second-order valence-corrected chi connectivity index (χ2v) is 5.81. The minimum atomic E-state index is 0.352. The zero-order valence-corrected chi connectivity index (χ0v) is 13.9. The van der Waals surface area contributed by atoms with Crippen molar-refractivity contribution in [3.8, 4) is 11.4 Å². The van der Waals surface area contributed by atoms with Gasteiger partial charge in [0.15, 0.2) is 5.82 Å². The minimum Gasteiger partial charge on any atom is -0.383 e. The molecule has 2 N–H and O–H groups in total. The predicted molar refractivity (Wildman–Crippen MR) is 83.0 cm³/mol. The van der Waals surface area contributed by atoms with Crippen LogP contribution in [0, 0.1) is 0 Å². The molecule has 0 unspecified atom stereocenters. The van der Waals surface area contributed by atoms with Crippen LogP contribution >= 0.6 is 43.5 Å². The number of halogens is 3. The monoisotopic (exact) mass is 405 g/mol. The van der Waals surface area contributed by atoms with Crippen LogP contribution in [0.4, 0.5) is 5.82 Å². The van der Waals surface area contributed by atoms with Crippen LogP contribution in [-0.4, -0.2) is 17.1 Å². The average molecular weight is 407 g/mol. The lowest BCUT2D eigenvalue weighted by Crippen LogP contribution is -2.03. The Morgan fingerprint density at radius 3 is 2.68 bits per heavy atom. The zero-order valence-electron chi connectivity index (χ0n) is 9.95. The van der Waals surface area contributed by atoms with Gasteiger partial charge < -0.3 is 10.5 Å². The highest BCUT2D eigenvalue weighted by Gasteiger charge is 2.12. The molecule has 0 saturated heterocycles. The first kappa shape index (κ1) is 14.7. The summed E-state index contributed by atoms with van der Waals surface area (Å²) in [7, 11) is 1.60. The van der Waals surface area contributed by atoms with Gasteiger partial charge in [0.05, 0.1) is 21.8 Å². The molecule has 19 heavy (non-hydrogen) atoms. The Hall–Kier alpha value is -0.690. The number of nitrogens with zero attached hydrogens (tertiary/aromatic N) is 2. The van der Waals surface area contributed by atoms with Crippen molar-refractivity contribution in [1.29, 1.82) is 0 Å². The van der Waals surface area contributed by atoms with E-state index < -0.39 is 0 Å². The third-order valence-electron chi connectivity index (χ3n) is 2.40. The van der Waals surface area contributed by atoms with Gasteiger partial charge in [-0.2, -0.15) is 0 Å². The van der Waals surface area contributed by atoms with Gasteiger partial charge in [-0.1, -0.05) is 11.6 Å². The third kappa shape index (κ3) is 3.25. The first-order valence-electron chi connectivity index (χ1n) is 5.29. The van der Waals surface area contributed by atoms with Crippen LogP contribution in [0.1, 0.15) is 5.69 Å². The van der Waals surface area contributed by atoms with E-state index >= 15 is 0 Å². The van der Waals surface area contributed by atoms with Gasteiger partial charge in [0.2, 0.25) is 0 Å². The Labute approximate surface area is 132 Å². The molecule has 0 aliphatic heterocycles. The third-order valence-corrected chi connectivity index (χ3v) is 4.50. The van der Waals surface area contributed by atoms with Gasteiger partial charge in [0.1, 0.15) is 5.82 Å². The molecule has 1 heterocycles. The summed E-state index contributed by atoms with van der Waals surface area (Å²) < 4.78 is 6.56. The minimum absolute atomic E-state index is 0.352. The first-order valence-corrected chi connectivity index (χ1v) is 7.25. The van der Waals surface area contributed by atoms with Crippen molar-refractivity contribution >= 4 is 49.3 Å². The van der Waals surface area contributed by atoms with E-state index in [4.69, 9.17) is 22.1 Å². The number of benzene rings is 1. The number of aromatic nitrogens is 2. The quantitative estimate of drug-likeness (QED) is 0.834. The maximum absolute atomic E-state index is 6.07. The van der Waals surface area contributed by atoms with Crippen LogP contribution in [0.15, 0.2) is 27.1 Å². The van der Waals surface area contributed by atoms with E-state index in [1.807, 2.05) is 12.1 Å². The molecule has 0 bridgehead atoms.